The molecule has 27 heavy (non-hydrogen) atoms. The summed E-state index contributed by atoms with van der Waals surface area (Å²) < 4.78 is 43.9. The highest BCUT2D eigenvalue weighted by Crippen LogP contribution is 2.31. The second-order valence-corrected chi connectivity index (χ2v) is 6.08. The molecule has 1 N–H and O–H groups in total. The number of aryl methyl sites for hydroxylation is 1. The highest BCUT2D eigenvalue weighted by atomic mass is 19.4. The average Bonchev–Trinajstić information content (AvgIpc) is 2.66. The number of pyridine rings is 1. The van der Waals surface area contributed by atoms with Crippen LogP contribution in [0.2, 0.25) is 0 Å². The Bertz CT molecular complexity index is 921. The number of anilines is 1. The fourth-order valence-electron chi connectivity index (χ4n) is 2.76. The first-order chi connectivity index (χ1) is 12.9. The van der Waals surface area contributed by atoms with Gasteiger partial charge in [0.1, 0.15) is 6.61 Å². The molecule has 0 saturated carbocycles. The number of halogens is 3. The molecular formula is C21H19F3N2O. The molecule has 0 spiro atoms. The van der Waals surface area contributed by atoms with E-state index in [0.29, 0.717) is 23.7 Å². The van der Waals surface area contributed by atoms with E-state index in [1.54, 1.807) is 18.2 Å². The minimum atomic E-state index is -4.35. The Balaban J connectivity index is 1.78. The molecule has 0 aliphatic carbocycles. The molecule has 0 saturated heterocycles. The molecule has 140 valence electrons. The summed E-state index contributed by atoms with van der Waals surface area (Å²) in [6.45, 7) is 2.35. The van der Waals surface area contributed by atoms with Crippen molar-refractivity contribution in [2.24, 2.45) is 0 Å². The maximum Gasteiger partial charge on any atom is 0.416 e. The lowest BCUT2D eigenvalue weighted by Gasteiger charge is -2.13. The van der Waals surface area contributed by atoms with E-state index < -0.39 is 11.7 Å². The highest BCUT2D eigenvalue weighted by Gasteiger charge is 2.30. The Labute approximate surface area is 155 Å². The minimum absolute atomic E-state index is 0.340. The van der Waals surface area contributed by atoms with Crippen LogP contribution in [0.25, 0.3) is 11.3 Å². The van der Waals surface area contributed by atoms with Crippen molar-refractivity contribution in [2.45, 2.75) is 19.7 Å². The van der Waals surface area contributed by atoms with Gasteiger partial charge in [-0.3, -0.25) is 0 Å². The Morgan fingerprint density at radius 2 is 1.67 bits per heavy atom. The molecule has 3 aromatic rings. The minimum Gasteiger partial charge on any atom is -0.473 e. The van der Waals surface area contributed by atoms with Crippen LogP contribution >= 0.6 is 0 Å². The fourth-order valence-corrected chi connectivity index (χ4v) is 2.76. The SMILES string of the molecule is CNc1cccc(C)c1COc1cccc(-c2ccc(C(F)(F)F)cc2)n1. The maximum absolute atomic E-state index is 12.7. The van der Waals surface area contributed by atoms with E-state index in [1.165, 1.54) is 12.1 Å². The Morgan fingerprint density at radius 3 is 2.33 bits per heavy atom. The van der Waals surface area contributed by atoms with Gasteiger partial charge >= 0.3 is 6.18 Å². The highest BCUT2D eigenvalue weighted by molar-refractivity contribution is 5.60. The van der Waals surface area contributed by atoms with E-state index in [9.17, 15) is 13.2 Å². The lowest BCUT2D eigenvalue weighted by molar-refractivity contribution is -0.137. The van der Waals surface area contributed by atoms with Crippen molar-refractivity contribution in [1.29, 1.82) is 0 Å². The Hall–Kier alpha value is -3.02. The van der Waals surface area contributed by atoms with Crippen LogP contribution in [0, 0.1) is 6.92 Å². The first-order valence-electron chi connectivity index (χ1n) is 8.42. The average molecular weight is 372 g/mol. The number of rotatable bonds is 5. The number of hydrogen-bond donors (Lipinski definition) is 1. The first kappa shape index (κ1) is 18.8. The number of hydrogen-bond acceptors (Lipinski definition) is 3. The van der Waals surface area contributed by atoms with Crippen LogP contribution in [0.1, 0.15) is 16.7 Å². The van der Waals surface area contributed by atoms with Crippen LogP contribution in [0.15, 0.2) is 60.7 Å². The number of benzene rings is 2. The van der Waals surface area contributed by atoms with E-state index in [2.05, 4.69) is 10.3 Å². The van der Waals surface area contributed by atoms with Gasteiger partial charge < -0.3 is 10.1 Å². The summed E-state index contributed by atoms with van der Waals surface area (Å²) in [6.07, 6.45) is -4.35. The molecule has 0 fully saturated rings. The molecule has 3 nitrogen and oxygen atoms in total. The normalized spacial score (nSPS) is 11.3. The maximum atomic E-state index is 12.7. The summed E-state index contributed by atoms with van der Waals surface area (Å²) in [5.41, 5.74) is 3.58. The summed E-state index contributed by atoms with van der Waals surface area (Å²) in [7, 11) is 1.85. The third-order valence-corrected chi connectivity index (χ3v) is 4.28. The summed E-state index contributed by atoms with van der Waals surface area (Å²) in [4.78, 5) is 4.41. The van der Waals surface area contributed by atoms with Crippen molar-refractivity contribution in [3.05, 3.63) is 77.4 Å². The second-order valence-electron chi connectivity index (χ2n) is 6.08. The van der Waals surface area contributed by atoms with Crippen molar-refractivity contribution in [3.8, 4) is 17.1 Å². The van der Waals surface area contributed by atoms with Crippen LogP contribution in [-0.4, -0.2) is 12.0 Å². The molecule has 2 aromatic carbocycles. The molecule has 0 amide bonds. The lowest BCUT2D eigenvalue weighted by Crippen LogP contribution is -2.04. The summed E-state index contributed by atoms with van der Waals surface area (Å²) >= 11 is 0. The summed E-state index contributed by atoms with van der Waals surface area (Å²) in [5.74, 6) is 0.415. The van der Waals surface area contributed by atoms with Gasteiger partial charge in [0.15, 0.2) is 0 Å². The second kappa shape index (κ2) is 7.70. The van der Waals surface area contributed by atoms with E-state index in [4.69, 9.17) is 4.74 Å². The molecule has 0 aliphatic rings. The van der Waals surface area contributed by atoms with Gasteiger partial charge in [-0.05, 0) is 36.8 Å². The van der Waals surface area contributed by atoms with Gasteiger partial charge in [0.05, 0.1) is 11.3 Å². The third kappa shape index (κ3) is 4.39. The van der Waals surface area contributed by atoms with Crippen LogP contribution < -0.4 is 10.1 Å². The Kier molecular flexibility index (Phi) is 5.35. The first-order valence-corrected chi connectivity index (χ1v) is 8.42. The van der Waals surface area contributed by atoms with Crippen molar-refractivity contribution >= 4 is 5.69 Å². The molecule has 0 radical (unpaired) electrons. The topological polar surface area (TPSA) is 34.1 Å². The number of nitrogens with zero attached hydrogens (tertiary/aromatic N) is 1. The summed E-state index contributed by atoms with van der Waals surface area (Å²) in [6, 6.07) is 16.1. The number of nitrogens with one attached hydrogen (secondary N) is 1. The van der Waals surface area contributed by atoms with Crippen molar-refractivity contribution in [1.82, 2.24) is 4.98 Å². The quantitative estimate of drug-likeness (QED) is 0.624. The molecule has 1 heterocycles. The van der Waals surface area contributed by atoms with Crippen molar-refractivity contribution < 1.29 is 17.9 Å². The number of aromatic nitrogens is 1. The monoisotopic (exact) mass is 372 g/mol. The fraction of sp³-hybridized carbons (Fsp3) is 0.190. The molecule has 3 rings (SSSR count). The molecule has 1 aromatic heterocycles. The predicted octanol–water partition coefficient (Wildman–Crippen LogP) is 5.70. The molecule has 0 atom stereocenters. The lowest BCUT2D eigenvalue weighted by atomic mass is 10.1. The zero-order chi connectivity index (χ0) is 19.4. The van der Waals surface area contributed by atoms with Gasteiger partial charge in [-0.25, -0.2) is 4.98 Å². The van der Waals surface area contributed by atoms with E-state index in [-0.39, 0.29) is 0 Å². The van der Waals surface area contributed by atoms with Crippen LogP contribution in [0.4, 0.5) is 18.9 Å². The molecule has 0 bridgehead atoms. The predicted molar refractivity (Wildman–Crippen MR) is 99.7 cm³/mol. The zero-order valence-corrected chi connectivity index (χ0v) is 15.0. The van der Waals surface area contributed by atoms with Gasteiger partial charge in [0.2, 0.25) is 5.88 Å². The van der Waals surface area contributed by atoms with Gasteiger partial charge in [-0.2, -0.15) is 13.2 Å². The van der Waals surface area contributed by atoms with Crippen LogP contribution in [0.5, 0.6) is 5.88 Å². The summed E-state index contributed by atoms with van der Waals surface area (Å²) in [5, 5.41) is 3.14. The zero-order valence-electron chi connectivity index (χ0n) is 15.0. The molecule has 6 heteroatoms. The van der Waals surface area contributed by atoms with Crippen LogP contribution in [-0.2, 0) is 12.8 Å². The van der Waals surface area contributed by atoms with E-state index in [0.717, 1.165) is 28.9 Å². The van der Waals surface area contributed by atoms with Crippen molar-refractivity contribution in [3.63, 3.8) is 0 Å². The largest absolute Gasteiger partial charge is 0.473 e. The van der Waals surface area contributed by atoms with Gasteiger partial charge in [0.25, 0.3) is 0 Å². The molecular weight excluding hydrogens is 353 g/mol. The third-order valence-electron chi connectivity index (χ3n) is 4.28. The smallest absolute Gasteiger partial charge is 0.416 e. The van der Waals surface area contributed by atoms with Crippen LogP contribution in [0.3, 0.4) is 0 Å². The molecule has 0 aliphatic heterocycles. The van der Waals surface area contributed by atoms with Gasteiger partial charge in [-0.15, -0.1) is 0 Å². The Morgan fingerprint density at radius 1 is 0.963 bits per heavy atom. The van der Waals surface area contributed by atoms with Gasteiger partial charge in [0, 0.05) is 29.9 Å². The molecule has 0 unspecified atom stereocenters. The standard InChI is InChI=1S/C21H19F3N2O/c1-14-5-3-7-19(25-2)17(14)13-27-20-8-4-6-18(26-20)15-9-11-16(12-10-15)21(22,23)24/h3-12,25H,13H2,1-2H3. The van der Waals surface area contributed by atoms with E-state index in [1.807, 2.05) is 32.2 Å². The number of alkyl halides is 3. The van der Waals surface area contributed by atoms with Gasteiger partial charge in [-0.1, -0.05) is 30.3 Å². The van der Waals surface area contributed by atoms with E-state index >= 15 is 0 Å². The number of ether oxygens (including phenoxy) is 1. The van der Waals surface area contributed by atoms with Crippen molar-refractivity contribution in [2.75, 3.05) is 12.4 Å².